The van der Waals surface area contributed by atoms with Crippen LogP contribution in [0.4, 0.5) is 0 Å². The van der Waals surface area contributed by atoms with Crippen LogP contribution in [-0.2, 0) is 9.59 Å². The fourth-order valence-corrected chi connectivity index (χ4v) is 1.60. The first-order valence-corrected chi connectivity index (χ1v) is 6.01. The Hall–Kier alpha value is -0.750. The molecule has 88 valence electrons. The molecule has 0 saturated carbocycles. The van der Waals surface area contributed by atoms with Gasteiger partial charge in [0.15, 0.2) is 0 Å². The summed E-state index contributed by atoms with van der Waals surface area (Å²) >= 11 is 1.64. The minimum atomic E-state index is -1.01. The van der Waals surface area contributed by atoms with Crippen molar-refractivity contribution in [1.29, 1.82) is 0 Å². The first-order valence-electron chi connectivity index (χ1n) is 4.85. The second-order valence-corrected chi connectivity index (χ2v) is 4.57. The van der Waals surface area contributed by atoms with E-state index in [-0.39, 0.29) is 0 Å². The summed E-state index contributed by atoms with van der Waals surface area (Å²) < 4.78 is 0. The third-order valence-electron chi connectivity index (χ3n) is 1.78. The van der Waals surface area contributed by atoms with Gasteiger partial charge < -0.3 is 16.2 Å². The molecule has 0 bridgehead atoms. The molecule has 4 N–H and O–H groups in total. The van der Waals surface area contributed by atoms with Crippen molar-refractivity contribution in [2.24, 2.45) is 5.73 Å². The summed E-state index contributed by atoms with van der Waals surface area (Å²) in [5.74, 6) is 0.213. The van der Waals surface area contributed by atoms with Gasteiger partial charge in [0.05, 0.1) is 6.04 Å². The van der Waals surface area contributed by atoms with Crippen molar-refractivity contribution in [3.63, 3.8) is 0 Å². The van der Waals surface area contributed by atoms with E-state index in [1.165, 1.54) is 6.92 Å². The Morgan fingerprint density at radius 1 is 1.53 bits per heavy atom. The molecule has 0 spiro atoms. The van der Waals surface area contributed by atoms with Crippen LogP contribution >= 0.6 is 11.8 Å². The van der Waals surface area contributed by atoms with Gasteiger partial charge >= 0.3 is 5.97 Å². The summed E-state index contributed by atoms with van der Waals surface area (Å²) in [6.45, 7) is 3.52. The smallest absolute Gasteiger partial charge is 0.326 e. The topological polar surface area (TPSA) is 92.4 Å². The number of nitrogens with one attached hydrogen (secondary N) is 1. The molecule has 5 nitrogen and oxygen atoms in total. The lowest BCUT2D eigenvalue weighted by Crippen LogP contribution is -2.47. The fourth-order valence-electron chi connectivity index (χ4n) is 0.906. The molecular formula is C9H18N2O3S. The number of aliphatic carboxylic acids is 1. The van der Waals surface area contributed by atoms with E-state index in [9.17, 15) is 9.59 Å². The summed E-state index contributed by atoms with van der Waals surface area (Å²) in [7, 11) is 0. The Bertz CT molecular complexity index is 221. The second kappa shape index (κ2) is 7.53. The molecule has 0 aromatic carbocycles. The van der Waals surface area contributed by atoms with Gasteiger partial charge in [0.2, 0.25) is 5.91 Å². The highest BCUT2D eigenvalue weighted by molar-refractivity contribution is 7.99. The molecule has 0 aromatic heterocycles. The first kappa shape index (κ1) is 14.2. The monoisotopic (exact) mass is 234 g/mol. The molecule has 0 saturated heterocycles. The van der Waals surface area contributed by atoms with Gasteiger partial charge in [-0.15, -0.1) is 0 Å². The SMILES string of the molecule is CCSCC[C@H](NC(=O)[C@H](C)N)C(=O)O. The normalized spacial score (nSPS) is 14.3. The number of carboxylic acids is 1. The summed E-state index contributed by atoms with van der Waals surface area (Å²) in [6, 6.07) is -1.51. The van der Waals surface area contributed by atoms with Crippen LogP contribution in [0.15, 0.2) is 0 Å². The first-order chi connectivity index (χ1) is 6.99. The Morgan fingerprint density at radius 3 is 2.53 bits per heavy atom. The van der Waals surface area contributed by atoms with Crippen LogP contribution in [0.2, 0.25) is 0 Å². The molecule has 0 aliphatic rings. The predicted octanol–water partition coefficient (Wildman–Crippen LogP) is 0.0462. The van der Waals surface area contributed by atoms with Crippen LogP contribution < -0.4 is 11.1 Å². The second-order valence-electron chi connectivity index (χ2n) is 3.17. The molecular weight excluding hydrogens is 216 g/mol. The standard InChI is InChI=1S/C9H18N2O3S/c1-3-15-5-4-7(9(13)14)11-8(12)6(2)10/h6-7H,3-5,10H2,1-2H3,(H,11,12)(H,13,14)/t6-,7-/m0/s1. The van der Waals surface area contributed by atoms with Gasteiger partial charge in [0.25, 0.3) is 0 Å². The molecule has 0 aliphatic heterocycles. The number of hydrogen-bond acceptors (Lipinski definition) is 4. The summed E-state index contributed by atoms with van der Waals surface area (Å²) in [5, 5.41) is 11.2. The van der Waals surface area contributed by atoms with Crippen LogP contribution in [-0.4, -0.2) is 40.6 Å². The molecule has 0 heterocycles. The minimum Gasteiger partial charge on any atom is -0.480 e. The van der Waals surface area contributed by atoms with E-state index >= 15 is 0 Å². The number of nitrogens with two attached hydrogens (primary N) is 1. The van der Waals surface area contributed by atoms with Crippen LogP contribution in [0.5, 0.6) is 0 Å². The molecule has 6 heteroatoms. The Labute approximate surface area is 93.8 Å². The van der Waals surface area contributed by atoms with E-state index in [1.807, 2.05) is 6.92 Å². The Kier molecular flexibility index (Phi) is 7.15. The van der Waals surface area contributed by atoms with Crippen molar-refractivity contribution < 1.29 is 14.7 Å². The van der Waals surface area contributed by atoms with Gasteiger partial charge in [-0.1, -0.05) is 6.92 Å². The zero-order valence-corrected chi connectivity index (χ0v) is 9.84. The number of hydrogen-bond donors (Lipinski definition) is 3. The lowest BCUT2D eigenvalue weighted by molar-refractivity contribution is -0.142. The van der Waals surface area contributed by atoms with Crippen LogP contribution in [0.1, 0.15) is 20.3 Å². The average Bonchev–Trinajstić information content (AvgIpc) is 2.15. The van der Waals surface area contributed by atoms with Crippen LogP contribution in [0.25, 0.3) is 0 Å². The number of carboxylic acid groups (broad SMARTS) is 1. The molecule has 0 rings (SSSR count). The largest absolute Gasteiger partial charge is 0.480 e. The van der Waals surface area contributed by atoms with Crippen molar-refractivity contribution >= 4 is 23.6 Å². The Morgan fingerprint density at radius 2 is 2.13 bits per heavy atom. The highest BCUT2D eigenvalue weighted by Gasteiger charge is 2.20. The van der Waals surface area contributed by atoms with E-state index in [4.69, 9.17) is 10.8 Å². The van der Waals surface area contributed by atoms with Crippen molar-refractivity contribution in [1.82, 2.24) is 5.32 Å². The maximum Gasteiger partial charge on any atom is 0.326 e. The van der Waals surface area contributed by atoms with E-state index < -0.39 is 24.0 Å². The molecule has 0 radical (unpaired) electrons. The van der Waals surface area contributed by atoms with Crippen molar-refractivity contribution in [3.8, 4) is 0 Å². The number of amides is 1. The maximum absolute atomic E-state index is 11.2. The predicted molar refractivity (Wildman–Crippen MR) is 60.8 cm³/mol. The van der Waals surface area contributed by atoms with E-state index in [0.29, 0.717) is 12.2 Å². The lowest BCUT2D eigenvalue weighted by atomic mass is 10.2. The number of carbonyl (C=O) groups is 2. The number of thioether (sulfide) groups is 1. The summed E-state index contributed by atoms with van der Waals surface area (Å²) in [6.07, 6.45) is 0.423. The van der Waals surface area contributed by atoms with Gasteiger partial charge in [0.1, 0.15) is 6.04 Å². The van der Waals surface area contributed by atoms with E-state index in [1.54, 1.807) is 11.8 Å². The molecule has 0 fully saturated rings. The fraction of sp³-hybridized carbons (Fsp3) is 0.778. The lowest BCUT2D eigenvalue weighted by Gasteiger charge is -2.15. The highest BCUT2D eigenvalue weighted by Crippen LogP contribution is 2.04. The van der Waals surface area contributed by atoms with Crippen molar-refractivity contribution in [3.05, 3.63) is 0 Å². The van der Waals surface area contributed by atoms with Gasteiger partial charge in [-0.05, 0) is 24.9 Å². The number of rotatable bonds is 7. The number of carbonyl (C=O) groups excluding carboxylic acids is 1. The van der Waals surface area contributed by atoms with Crippen molar-refractivity contribution in [2.45, 2.75) is 32.4 Å². The van der Waals surface area contributed by atoms with Crippen LogP contribution in [0, 0.1) is 0 Å². The molecule has 0 unspecified atom stereocenters. The quantitative estimate of drug-likeness (QED) is 0.541. The van der Waals surface area contributed by atoms with Gasteiger partial charge in [-0.2, -0.15) is 11.8 Å². The molecule has 15 heavy (non-hydrogen) atoms. The molecule has 2 atom stereocenters. The third kappa shape index (κ3) is 6.35. The summed E-state index contributed by atoms with van der Waals surface area (Å²) in [5.41, 5.74) is 5.33. The van der Waals surface area contributed by atoms with Gasteiger partial charge in [-0.3, -0.25) is 4.79 Å². The minimum absolute atomic E-state index is 0.423. The van der Waals surface area contributed by atoms with Gasteiger partial charge in [-0.25, -0.2) is 4.79 Å². The van der Waals surface area contributed by atoms with E-state index in [2.05, 4.69) is 5.32 Å². The average molecular weight is 234 g/mol. The molecule has 1 amide bonds. The van der Waals surface area contributed by atoms with Crippen molar-refractivity contribution in [2.75, 3.05) is 11.5 Å². The van der Waals surface area contributed by atoms with E-state index in [0.717, 1.165) is 5.75 Å². The maximum atomic E-state index is 11.2. The highest BCUT2D eigenvalue weighted by atomic mass is 32.2. The zero-order valence-electron chi connectivity index (χ0n) is 9.03. The van der Waals surface area contributed by atoms with Crippen LogP contribution in [0.3, 0.4) is 0 Å². The molecule has 0 aromatic rings. The zero-order chi connectivity index (χ0) is 11.8. The summed E-state index contributed by atoms with van der Waals surface area (Å²) in [4.78, 5) is 22.0. The Balaban J connectivity index is 4.05. The molecule has 0 aliphatic carbocycles. The third-order valence-corrected chi connectivity index (χ3v) is 2.72. The van der Waals surface area contributed by atoms with Gasteiger partial charge in [0, 0.05) is 0 Å².